The van der Waals surface area contributed by atoms with Crippen LogP contribution in [0.2, 0.25) is 0 Å². The molecule has 0 bridgehead atoms. The summed E-state index contributed by atoms with van der Waals surface area (Å²) in [5.74, 6) is -2.11. The normalized spacial score (nSPS) is 10.8. The lowest BCUT2D eigenvalue weighted by atomic mass is 10.2. The number of benzene rings is 1. The van der Waals surface area contributed by atoms with Crippen molar-refractivity contribution in [3.63, 3.8) is 0 Å². The number of para-hydroxylation sites is 1. The van der Waals surface area contributed by atoms with Gasteiger partial charge in [0.1, 0.15) is 17.0 Å². The maximum atomic E-state index is 14.7. The van der Waals surface area contributed by atoms with Crippen LogP contribution in [0, 0.1) is 18.6 Å². The average molecular weight is 319 g/mol. The fourth-order valence-corrected chi connectivity index (χ4v) is 2.09. The van der Waals surface area contributed by atoms with Crippen LogP contribution in [-0.4, -0.2) is 23.2 Å². The van der Waals surface area contributed by atoms with E-state index < -0.39 is 17.6 Å². The molecule has 0 aliphatic carbocycles. The lowest BCUT2D eigenvalue weighted by Crippen LogP contribution is -2.11. The lowest BCUT2D eigenvalue weighted by molar-refractivity contribution is 0.0595. The average Bonchev–Trinajstić information content (AvgIpc) is 2.92. The highest BCUT2D eigenvalue weighted by Gasteiger charge is 2.25. The maximum Gasteiger partial charge on any atom is 0.358 e. The second-order valence-electron chi connectivity index (χ2n) is 4.68. The molecule has 0 saturated heterocycles. The molecule has 6 nitrogen and oxygen atoms in total. The van der Waals surface area contributed by atoms with Gasteiger partial charge in [0.2, 0.25) is 0 Å². The van der Waals surface area contributed by atoms with Gasteiger partial charge in [-0.3, -0.25) is 0 Å². The Hall–Kier alpha value is -3.03. The molecule has 8 heteroatoms. The van der Waals surface area contributed by atoms with Crippen LogP contribution in [0.3, 0.4) is 0 Å². The molecule has 0 unspecified atom stereocenters. The zero-order chi connectivity index (χ0) is 16.6. The van der Waals surface area contributed by atoms with E-state index in [-0.39, 0.29) is 33.9 Å². The molecule has 118 valence electrons. The number of nitrogens with one attached hydrogen (secondary N) is 1. The minimum atomic E-state index is -0.879. The number of nitrogens with zero attached hydrogens (tertiary/aromatic N) is 2. The summed E-state index contributed by atoms with van der Waals surface area (Å²) >= 11 is 0. The number of carbonyl (C=O) groups is 1. The Bertz CT molecular complexity index is 908. The third kappa shape index (κ3) is 2.48. The lowest BCUT2D eigenvalue weighted by Gasteiger charge is -2.12. The predicted octanol–water partition coefficient (Wildman–Crippen LogP) is 3.34. The number of fused-ring (bicyclic) bond motifs is 1. The highest BCUT2D eigenvalue weighted by atomic mass is 19.1. The molecule has 3 rings (SSSR count). The molecule has 0 saturated carbocycles. The highest BCUT2D eigenvalue weighted by Crippen LogP contribution is 2.31. The summed E-state index contributed by atoms with van der Waals surface area (Å²) in [6, 6.07) is 5.65. The number of rotatable bonds is 3. The largest absolute Gasteiger partial charge is 0.464 e. The number of halogens is 2. The Kier molecular flexibility index (Phi) is 3.65. The van der Waals surface area contributed by atoms with E-state index >= 15 is 0 Å². The van der Waals surface area contributed by atoms with E-state index in [1.54, 1.807) is 6.07 Å². The van der Waals surface area contributed by atoms with Gasteiger partial charge >= 0.3 is 5.97 Å². The van der Waals surface area contributed by atoms with Gasteiger partial charge in [0.05, 0.1) is 12.8 Å². The summed E-state index contributed by atoms with van der Waals surface area (Å²) in [5, 5.41) is 6.10. The van der Waals surface area contributed by atoms with Gasteiger partial charge in [0, 0.05) is 0 Å². The van der Waals surface area contributed by atoms with E-state index in [2.05, 4.69) is 20.2 Å². The van der Waals surface area contributed by atoms with Gasteiger partial charge in [-0.1, -0.05) is 17.3 Å². The van der Waals surface area contributed by atoms with Crippen LogP contribution in [0.1, 0.15) is 16.2 Å². The number of ether oxygens (including phenoxy) is 1. The van der Waals surface area contributed by atoms with Crippen LogP contribution in [0.25, 0.3) is 11.0 Å². The molecule has 1 N–H and O–H groups in total. The fraction of sp³-hybridized carbons (Fsp3) is 0.133. The Morgan fingerprint density at radius 1 is 1.26 bits per heavy atom. The topological polar surface area (TPSA) is 77.2 Å². The second-order valence-corrected chi connectivity index (χ2v) is 4.68. The number of hydrogen-bond donors (Lipinski definition) is 1. The summed E-state index contributed by atoms with van der Waals surface area (Å²) < 4.78 is 38.0. The third-order valence-electron chi connectivity index (χ3n) is 3.23. The molecule has 0 amide bonds. The number of methoxy groups -OCH3 is 1. The van der Waals surface area contributed by atoms with Crippen molar-refractivity contribution in [3.05, 3.63) is 47.4 Å². The van der Waals surface area contributed by atoms with E-state index in [0.29, 0.717) is 0 Å². The van der Waals surface area contributed by atoms with Crippen LogP contribution < -0.4 is 5.32 Å². The van der Waals surface area contributed by atoms with E-state index in [1.807, 2.05) is 0 Å². The Morgan fingerprint density at radius 3 is 2.70 bits per heavy atom. The molecule has 0 radical (unpaired) electrons. The first-order valence-corrected chi connectivity index (χ1v) is 6.58. The van der Waals surface area contributed by atoms with E-state index in [4.69, 9.17) is 4.52 Å². The quantitative estimate of drug-likeness (QED) is 0.746. The number of aromatic nitrogens is 2. The SMILES string of the molecule is COC(=O)c1nc2c(C)onc2c(F)c1Nc1ccccc1F. The summed E-state index contributed by atoms with van der Waals surface area (Å²) in [6.45, 7) is 1.53. The van der Waals surface area contributed by atoms with Crippen molar-refractivity contribution in [2.45, 2.75) is 6.92 Å². The Morgan fingerprint density at radius 2 is 2.00 bits per heavy atom. The molecule has 3 aromatic rings. The summed E-state index contributed by atoms with van der Waals surface area (Å²) in [6.07, 6.45) is 0. The van der Waals surface area contributed by atoms with Crippen molar-refractivity contribution >= 4 is 28.4 Å². The standard InChI is InChI=1S/C15H11F2N3O3/c1-7-11-13(20-23-7)10(17)12(14(19-11)15(21)22-2)18-9-6-4-3-5-8(9)16/h3-6,18H,1-2H3. The van der Waals surface area contributed by atoms with Gasteiger partial charge in [-0.05, 0) is 19.1 Å². The van der Waals surface area contributed by atoms with Gasteiger partial charge < -0.3 is 14.6 Å². The maximum absolute atomic E-state index is 14.7. The van der Waals surface area contributed by atoms with Crippen molar-refractivity contribution in [1.82, 2.24) is 10.1 Å². The first-order valence-electron chi connectivity index (χ1n) is 6.58. The second kappa shape index (κ2) is 5.64. The summed E-state index contributed by atoms with van der Waals surface area (Å²) in [4.78, 5) is 15.9. The molecule has 0 aliphatic rings. The predicted molar refractivity (Wildman–Crippen MR) is 77.5 cm³/mol. The molecule has 0 aliphatic heterocycles. The molecule has 0 atom stereocenters. The van der Waals surface area contributed by atoms with Crippen molar-refractivity contribution in [3.8, 4) is 0 Å². The highest BCUT2D eigenvalue weighted by molar-refractivity contribution is 5.98. The number of carbonyl (C=O) groups excluding carboxylic acids is 1. The zero-order valence-electron chi connectivity index (χ0n) is 12.2. The number of esters is 1. The molecular formula is C15H11F2N3O3. The van der Waals surface area contributed by atoms with Crippen LogP contribution >= 0.6 is 0 Å². The zero-order valence-corrected chi connectivity index (χ0v) is 12.2. The van der Waals surface area contributed by atoms with Crippen LogP contribution in [0.5, 0.6) is 0 Å². The van der Waals surface area contributed by atoms with Crippen molar-refractivity contribution in [1.29, 1.82) is 0 Å². The molecule has 1 aromatic carbocycles. The fourth-order valence-electron chi connectivity index (χ4n) is 2.09. The third-order valence-corrected chi connectivity index (χ3v) is 3.23. The Labute approximate surface area is 129 Å². The number of hydrogen-bond acceptors (Lipinski definition) is 6. The number of aryl methyl sites for hydroxylation is 1. The number of pyridine rings is 1. The van der Waals surface area contributed by atoms with Gasteiger partial charge in [-0.15, -0.1) is 0 Å². The first kappa shape index (κ1) is 14.9. The Balaban J connectivity index is 2.23. The minimum absolute atomic E-state index is 0.0158. The molecule has 2 aromatic heterocycles. The summed E-state index contributed by atoms with van der Waals surface area (Å²) in [5.41, 5.74) is -0.733. The molecule has 0 fully saturated rings. The van der Waals surface area contributed by atoms with Gasteiger partial charge in [0.25, 0.3) is 0 Å². The minimum Gasteiger partial charge on any atom is -0.464 e. The molecule has 0 spiro atoms. The van der Waals surface area contributed by atoms with Crippen LogP contribution in [0.4, 0.5) is 20.2 Å². The van der Waals surface area contributed by atoms with E-state index in [0.717, 1.165) is 7.11 Å². The monoisotopic (exact) mass is 319 g/mol. The molecule has 23 heavy (non-hydrogen) atoms. The smallest absolute Gasteiger partial charge is 0.358 e. The van der Waals surface area contributed by atoms with Gasteiger partial charge in [-0.2, -0.15) is 0 Å². The molecule has 2 heterocycles. The van der Waals surface area contributed by atoms with Crippen molar-refractivity contribution in [2.24, 2.45) is 0 Å². The number of anilines is 2. The summed E-state index contributed by atoms with van der Waals surface area (Å²) in [7, 11) is 1.14. The van der Waals surface area contributed by atoms with Crippen LogP contribution in [0.15, 0.2) is 28.8 Å². The first-order chi connectivity index (χ1) is 11.0. The van der Waals surface area contributed by atoms with Crippen molar-refractivity contribution < 1.29 is 22.8 Å². The van der Waals surface area contributed by atoms with Crippen molar-refractivity contribution in [2.75, 3.05) is 12.4 Å². The molecular weight excluding hydrogens is 308 g/mol. The van der Waals surface area contributed by atoms with Gasteiger partial charge in [-0.25, -0.2) is 18.6 Å². The van der Waals surface area contributed by atoms with Gasteiger partial charge in [0.15, 0.2) is 22.8 Å². The van der Waals surface area contributed by atoms with Crippen LogP contribution in [-0.2, 0) is 4.74 Å². The van der Waals surface area contributed by atoms with E-state index in [1.165, 1.54) is 25.1 Å². The van der Waals surface area contributed by atoms with E-state index in [9.17, 15) is 13.6 Å².